The summed E-state index contributed by atoms with van der Waals surface area (Å²) in [5, 5.41) is 10.3. The van der Waals surface area contributed by atoms with Gasteiger partial charge in [-0.2, -0.15) is 0 Å². The number of carbonyl (C=O) groups is 1. The number of rotatable bonds is 6. The van der Waals surface area contributed by atoms with E-state index in [0.29, 0.717) is 11.0 Å². The van der Waals surface area contributed by atoms with Crippen LogP contribution in [0.15, 0.2) is 18.2 Å². The quantitative estimate of drug-likeness (QED) is 0.645. The van der Waals surface area contributed by atoms with Gasteiger partial charge >= 0.3 is 13.1 Å². The molecule has 0 aliphatic carbocycles. The summed E-state index contributed by atoms with van der Waals surface area (Å²) in [5.74, 6) is -0.147. The van der Waals surface area contributed by atoms with E-state index < -0.39 is 18.7 Å². The van der Waals surface area contributed by atoms with Gasteiger partial charge in [-0.1, -0.05) is 32.9 Å². The molecular formula is C16H25BO4. The molecule has 0 atom stereocenters. The Bertz CT molecular complexity index is 497. The average Bonchev–Trinajstić information content (AvgIpc) is 2.44. The maximum Gasteiger partial charge on any atom is 0.491 e. The van der Waals surface area contributed by atoms with Gasteiger partial charge in [0.2, 0.25) is 0 Å². The first-order valence-electron chi connectivity index (χ1n) is 7.30. The molecule has 0 spiro atoms. The highest BCUT2D eigenvalue weighted by atomic mass is 16.5. The fraction of sp³-hybridized carbons (Fsp3) is 0.562. The summed E-state index contributed by atoms with van der Waals surface area (Å²) in [7, 11) is 0.278. The van der Waals surface area contributed by atoms with Gasteiger partial charge in [-0.15, -0.1) is 0 Å². The number of methoxy groups -OCH3 is 1. The van der Waals surface area contributed by atoms with Crippen molar-refractivity contribution in [3.05, 3.63) is 29.3 Å². The fourth-order valence-electron chi connectivity index (χ4n) is 1.85. The van der Waals surface area contributed by atoms with Crippen LogP contribution in [0.2, 0.25) is 0 Å². The summed E-state index contributed by atoms with van der Waals surface area (Å²) in [4.78, 5) is 11.8. The van der Waals surface area contributed by atoms with Crippen molar-refractivity contribution in [2.75, 3.05) is 7.11 Å². The van der Waals surface area contributed by atoms with Crippen LogP contribution < -0.4 is 5.46 Å². The third-order valence-corrected chi connectivity index (χ3v) is 4.01. The first-order valence-corrected chi connectivity index (χ1v) is 7.30. The van der Waals surface area contributed by atoms with E-state index in [2.05, 4.69) is 0 Å². The van der Waals surface area contributed by atoms with Crippen molar-refractivity contribution in [1.29, 1.82) is 0 Å². The first kappa shape index (κ1) is 17.7. The van der Waals surface area contributed by atoms with E-state index in [1.54, 1.807) is 12.1 Å². The lowest BCUT2D eigenvalue weighted by Crippen LogP contribution is -2.44. The molecule has 21 heavy (non-hydrogen) atoms. The van der Waals surface area contributed by atoms with Crippen LogP contribution in [0.1, 0.15) is 50.5 Å². The van der Waals surface area contributed by atoms with Crippen molar-refractivity contribution in [2.45, 2.75) is 46.6 Å². The zero-order valence-electron chi connectivity index (χ0n) is 13.8. The van der Waals surface area contributed by atoms with Gasteiger partial charge in [-0.05, 0) is 43.3 Å². The van der Waals surface area contributed by atoms with Crippen LogP contribution in [0.5, 0.6) is 0 Å². The number of aryl methyl sites for hydroxylation is 1. The highest BCUT2D eigenvalue weighted by molar-refractivity contribution is 6.60. The summed E-state index contributed by atoms with van der Waals surface area (Å²) in [6.07, 6.45) is 0.721. The normalized spacial score (nSPS) is 11.6. The topological polar surface area (TPSA) is 55.8 Å². The SMILES string of the molecule is CCc1ccc(B(O)OC(C)(C)C(C)C)cc1C(=O)OC. The Balaban J connectivity index is 3.06. The molecule has 1 aromatic carbocycles. The zero-order chi connectivity index (χ0) is 16.2. The summed E-state index contributed by atoms with van der Waals surface area (Å²) >= 11 is 0. The Morgan fingerprint density at radius 3 is 2.48 bits per heavy atom. The standard InChI is InChI=1S/C16H25BO4/c1-7-12-8-9-13(10-14(12)15(18)20-6)17(19)21-16(4,5)11(2)3/h8-11,19H,7H2,1-6H3. The molecule has 116 valence electrons. The molecule has 1 N–H and O–H groups in total. The molecule has 4 nitrogen and oxygen atoms in total. The van der Waals surface area contributed by atoms with Gasteiger partial charge in [0.05, 0.1) is 18.3 Å². The smallest absolute Gasteiger partial charge is 0.465 e. The van der Waals surface area contributed by atoms with Gasteiger partial charge in [0.15, 0.2) is 0 Å². The van der Waals surface area contributed by atoms with Gasteiger partial charge in [0.1, 0.15) is 0 Å². The monoisotopic (exact) mass is 292 g/mol. The lowest BCUT2D eigenvalue weighted by molar-refractivity contribution is 0.0423. The number of benzene rings is 1. The molecule has 0 saturated carbocycles. The average molecular weight is 292 g/mol. The Morgan fingerprint density at radius 1 is 1.38 bits per heavy atom. The number of carbonyl (C=O) groups excluding carboxylic acids is 1. The van der Waals surface area contributed by atoms with Crippen LogP contribution in [-0.2, 0) is 15.8 Å². The minimum atomic E-state index is -1.07. The second-order valence-electron chi connectivity index (χ2n) is 5.99. The molecule has 0 aliphatic rings. The van der Waals surface area contributed by atoms with Crippen LogP contribution in [0.25, 0.3) is 0 Å². The van der Waals surface area contributed by atoms with E-state index in [9.17, 15) is 9.82 Å². The van der Waals surface area contributed by atoms with Crippen molar-refractivity contribution in [3.63, 3.8) is 0 Å². The lowest BCUT2D eigenvalue weighted by atomic mass is 9.76. The Hall–Kier alpha value is -1.33. The maximum atomic E-state index is 11.8. The summed E-state index contributed by atoms with van der Waals surface area (Å²) in [6.45, 7) is 9.90. The molecule has 0 bridgehead atoms. The predicted molar refractivity (Wildman–Crippen MR) is 84.8 cm³/mol. The molecule has 1 rings (SSSR count). The van der Waals surface area contributed by atoms with Crippen molar-refractivity contribution in [3.8, 4) is 0 Å². The molecular weight excluding hydrogens is 267 g/mol. The van der Waals surface area contributed by atoms with E-state index in [1.165, 1.54) is 7.11 Å². The second kappa shape index (κ2) is 7.10. The van der Waals surface area contributed by atoms with E-state index in [-0.39, 0.29) is 5.92 Å². The Kier molecular flexibility index (Phi) is 5.99. The minimum Gasteiger partial charge on any atom is -0.465 e. The maximum absolute atomic E-state index is 11.8. The van der Waals surface area contributed by atoms with Crippen LogP contribution in [-0.4, -0.2) is 30.8 Å². The van der Waals surface area contributed by atoms with Crippen LogP contribution in [0.3, 0.4) is 0 Å². The van der Waals surface area contributed by atoms with Crippen LogP contribution in [0, 0.1) is 5.92 Å². The highest BCUT2D eigenvalue weighted by Crippen LogP contribution is 2.21. The molecule has 0 amide bonds. The molecule has 0 aliphatic heterocycles. The number of hydrogen-bond donors (Lipinski definition) is 1. The van der Waals surface area contributed by atoms with Gasteiger partial charge in [0.25, 0.3) is 0 Å². The van der Waals surface area contributed by atoms with E-state index in [1.807, 2.05) is 40.7 Å². The molecule has 0 fully saturated rings. The first-order chi connectivity index (χ1) is 9.72. The number of esters is 1. The fourth-order valence-corrected chi connectivity index (χ4v) is 1.85. The Labute approximate surface area is 127 Å². The largest absolute Gasteiger partial charge is 0.491 e. The molecule has 0 heterocycles. The van der Waals surface area contributed by atoms with E-state index in [0.717, 1.165) is 12.0 Å². The summed E-state index contributed by atoms with van der Waals surface area (Å²) in [6, 6.07) is 5.26. The third-order valence-electron chi connectivity index (χ3n) is 4.01. The van der Waals surface area contributed by atoms with Crippen LogP contribution in [0.4, 0.5) is 0 Å². The van der Waals surface area contributed by atoms with Gasteiger partial charge in [0, 0.05) is 0 Å². The summed E-state index contributed by atoms with van der Waals surface area (Å²) in [5.41, 5.74) is 1.46. The number of ether oxygens (including phenoxy) is 1. The molecule has 1 aromatic rings. The molecule has 5 heteroatoms. The van der Waals surface area contributed by atoms with Gasteiger partial charge in [-0.3, -0.25) is 0 Å². The highest BCUT2D eigenvalue weighted by Gasteiger charge is 2.30. The van der Waals surface area contributed by atoms with Crippen molar-refractivity contribution < 1.29 is 19.2 Å². The molecule has 0 radical (unpaired) electrons. The summed E-state index contributed by atoms with van der Waals surface area (Å²) < 4.78 is 10.5. The predicted octanol–water partition coefficient (Wildman–Crippen LogP) is 2.17. The van der Waals surface area contributed by atoms with Crippen molar-refractivity contribution in [2.24, 2.45) is 5.92 Å². The molecule has 0 unspecified atom stereocenters. The Morgan fingerprint density at radius 2 is 2.00 bits per heavy atom. The third kappa shape index (κ3) is 4.32. The van der Waals surface area contributed by atoms with Crippen molar-refractivity contribution >= 4 is 18.6 Å². The minimum absolute atomic E-state index is 0.252. The van der Waals surface area contributed by atoms with Crippen molar-refractivity contribution in [1.82, 2.24) is 0 Å². The van der Waals surface area contributed by atoms with Crippen LogP contribution >= 0.6 is 0 Å². The second-order valence-corrected chi connectivity index (χ2v) is 5.99. The number of hydrogen-bond acceptors (Lipinski definition) is 4. The lowest BCUT2D eigenvalue weighted by Gasteiger charge is -2.31. The van der Waals surface area contributed by atoms with Gasteiger partial charge < -0.3 is 14.4 Å². The zero-order valence-corrected chi connectivity index (χ0v) is 13.8. The molecule has 0 aromatic heterocycles. The van der Waals surface area contributed by atoms with E-state index in [4.69, 9.17) is 9.39 Å². The molecule has 0 saturated heterocycles. The van der Waals surface area contributed by atoms with Gasteiger partial charge in [-0.25, -0.2) is 4.79 Å². The van der Waals surface area contributed by atoms with E-state index >= 15 is 0 Å².